The summed E-state index contributed by atoms with van der Waals surface area (Å²) < 4.78 is 33.0. The zero-order chi connectivity index (χ0) is 18.3. The Hall–Kier alpha value is -0.410. The molecule has 2 fully saturated rings. The summed E-state index contributed by atoms with van der Waals surface area (Å²) in [7, 11) is -3.56. The Kier molecular flexibility index (Phi) is 10.4. The van der Waals surface area contributed by atoms with Gasteiger partial charge in [-0.25, -0.2) is 13.1 Å². The van der Waals surface area contributed by atoms with Crippen LogP contribution >= 0.6 is 12.4 Å². The van der Waals surface area contributed by atoms with Crippen molar-refractivity contribution in [2.75, 3.05) is 32.0 Å². The van der Waals surface area contributed by atoms with Gasteiger partial charge in [-0.3, -0.25) is 4.79 Å². The lowest BCUT2D eigenvalue weighted by Gasteiger charge is -2.32. The Labute approximate surface area is 163 Å². The van der Waals surface area contributed by atoms with Crippen LogP contribution in [0.1, 0.15) is 51.9 Å². The lowest BCUT2D eigenvalue weighted by Crippen LogP contribution is -2.46. The third kappa shape index (κ3) is 8.08. The van der Waals surface area contributed by atoms with Crippen LogP contribution in [0.5, 0.6) is 0 Å². The summed E-state index contributed by atoms with van der Waals surface area (Å²) in [4.78, 5) is 14.0. The molecule has 0 aromatic carbocycles. The van der Waals surface area contributed by atoms with E-state index in [-0.39, 0.29) is 30.5 Å². The SMILES string of the molecule is CC1CCC(NS(=O)(=O)CC(=O)N2CCC(OCCCN)CC2)CC1.Cl. The van der Waals surface area contributed by atoms with E-state index in [9.17, 15) is 13.2 Å². The molecular weight excluding hydrogens is 378 g/mol. The van der Waals surface area contributed by atoms with Crippen molar-refractivity contribution in [3.8, 4) is 0 Å². The molecule has 2 rings (SSSR count). The van der Waals surface area contributed by atoms with E-state index in [4.69, 9.17) is 10.5 Å². The molecule has 0 spiro atoms. The maximum Gasteiger partial charge on any atom is 0.239 e. The van der Waals surface area contributed by atoms with Crippen LogP contribution in [0, 0.1) is 5.92 Å². The number of nitrogens with one attached hydrogen (secondary N) is 1. The van der Waals surface area contributed by atoms with Crippen molar-refractivity contribution in [1.29, 1.82) is 0 Å². The van der Waals surface area contributed by atoms with E-state index in [0.29, 0.717) is 32.2 Å². The van der Waals surface area contributed by atoms with Gasteiger partial charge < -0.3 is 15.4 Å². The van der Waals surface area contributed by atoms with E-state index in [0.717, 1.165) is 44.9 Å². The zero-order valence-corrected chi connectivity index (χ0v) is 17.3. The van der Waals surface area contributed by atoms with Gasteiger partial charge in [0.25, 0.3) is 0 Å². The van der Waals surface area contributed by atoms with Gasteiger partial charge in [0.05, 0.1) is 6.10 Å². The van der Waals surface area contributed by atoms with Crippen LogP contribution in [0.15, 0.2) is 0 Å². The highest BCUT2D eigenvalue weighted by Crippen LogP contribution is 2.24. The first kappa shape index (κ1) is 23.6. The Balaban J connectivity index is 0.00000338. The minimum atomic E-state index is -3.56. The predicted molar refractivity (Wildman–Crippen MR) is 105 cm³/mol. The monoisotopic (exact) mass is 411 g/mol. The smallest absolute Gasteiger partial charge is 0.239 e. The quantitative estimate of drug-likeness (QED) is 0.585. The minimum absolute atomic E-state index is 0. The number of rotatable bonds is 8. The molecule has 1 heterocycles. The summed E-state index contributed by atoms with van der Waals surface area (Å²) in [5.41, 5.74) is 5.44. The summed E-state index contributed by atoms with van der Waals surface area (Å²) in [6.45, 7) is 4.57. The number of hydrogen-bond acceptors (Lipinski definition) is 5. The van der Waals surface area contributed by atoms with Crippen LogP contribution in [0.25, 0.3) is 0 Å². The second-order valence-electron chi connectivity index (χ2n) is 7.43. The standard InChI is InChI=1S/C17H33N3O4S.ClH/c1-14-3-5-15(6-4-14)19-25(22,23)13-17(21)20-10-7-16(8-11-20)24-12-2-9-18;/h14-16,19H,2-13,18H2,1H3;1H. The number of piperidine rings is 1. The van der Waals surface area contributed by atoms with Crippen molar-refractivity contribution in [3.63, 3.8) is 0 Å². The molecule has 0 aromatic heterocycles. The first-order valence-electron chi connectivity index (χ1n) is 9.49. The predicted octanol–water partition coefficient (Wildman–Crippen LogP) is 1.26. The number of halogens is 1. The lowest BCUT2D eigenvalue weighted by atomic mass is 9.88. The molecule has 1 saturated carbocycles. The number of carbonyl (C=O) groups excluding carboxylic acids is 1. The van der Waals surface area contributed by atoms with Gasteiger partial charge in [0.2, 0.25) is 15.9 Å². The Morgan fingerprint density at radius 3 is 2.35 bits per heavy atom. The number of sulfonamides is 1. The van der Waals surface area contributed by atoms with Crippen LogP contribution < -0.4 is 10.5 Å². The van der Waals surface area contributed by atoms with Gasteiger partial charge in [-0.05, 0) is 57.4 Å². The molecule has 1 saturated heterocycles. The second kappa shape index (κ2) is 11.4. The van der Waals surface area contributed by atoms with E-state index in [2.05, 4.69) is 11.6 Å². The topological polar surface area (TPSA) is 102 Å². The highest BCUT2D eigenvalue weighted by Gasteiger charge is 2.29. The molecule has 0 unspecified atom stereocenters. The number of amides is 1. The molecule has 0 aromatic rings. The maximum absolute atomic E-state index is 12.3. The first-order chi connectivity index (χ1) is 11.9. The Morgan fingerprint density at radius 1 is 1.15 bits per heavy atom. The molecule has 1 aliphatic carbocycles. The van der Waals surface area contributed by atoms with Crippen molar-refractivity contribution in [2.24, 2.45) is 11.7 Å². The molecule has 7 nitrogen and oxygen atoms in total. The normalized spacial score (nSPS) is 24.9. The fraction of sp³-hybridized carbons (Fsp3) is 0.941. The minimum Gasteiger partial charge on any atom is -0.378 e. The molecule has 9 heteroatoms. The van der Waals surface area contributed by atoms with Gasteiger partial charge in [0.15, 0.2) is 0 Å². The van der Waals surface area contributed by atoms with Crippen LogP contribution in [-0.2, 0) is 19.6 Å². The van der Waals surface area contributed by atoms with E-state index in [1.807, 2.05) is 0 Å². The Morgan fingerprint density at radius 2 is 1.77 bits per heavy atom. The van der Waals surface area contributed by atoms with Gasteiger partial charge in [0, 0.05) is 25.7 Å². The van der Waals surface area contributed by atoms with E-state index >= 15 is 0 Å². The zero-order valence-electron chi connectivity index (χ0n) is 15.7. The number of carbonyl (C=O) groups is 1. The summed E-state index contributed by atoms with van der Waals surface area (Å²) in [6.07, 6.45) is 6.30. The molecule has 0 radical (unpaired) electrons. The van der Waals surface area contributed by atoms with Crippen LogP contribution in [0.3, 0.4) is 0 Å². The average molecular weight is 412 g/mol. The van der Waals surface area contributed by atoms with E-state index in [1.165, 1.54) is 0 Å². The maximum atomic E-state index is 12.3. The summed E-state index contributed by atoms with van der Waals surface area (Å²) in [6, 6.07) is -0.0179. The van der Waals surface area contributed by atoms with Gasteiger partial charge in [-0.2, -0.15) is 0 Å². The summed E-state index contributed by atoms with van der Waals surface area (Å²) in [5, 5.41) is 0. The third-order valence-corrected chi connectivity index (χ3v) is 6.49. The van der Waals surface area contributed by atoms with Crippen molar-refractivity contribution >= 4 is 28.3 Å². The number of nitrogens with zero attached hydrogens (tertiary/aromatic N) is 1. The average Bonchev–Trinajstić information content (AvgIpc) is 2.57. The second-order valence-corrected chi connectivity index (χ2v) is 9.18. The summed E-state index contributed by atoms with van der Waals surface area (Å²) in [5.74, 6) is -0.0922. The number of hydrogen-bond donors (Lipinski definition) is 2. The molecule has 3 N–H and O–H groups in total. The van der Waals surface area contributed by atoms with Crippen molar-refractivity contribution < 1.29 is 17.9 Å². The fourth-order valence-electron chi connectivity index (χ4n) is 3.53. The van der Waals surface area contributed by atoms with Gasteiger partial charge in [-0.1, -0.05) is 6.92 Å². The van der Waals surface area contributed by atoms with Gasteiger partial charge >= 0.3 is 0 Å². The first-order valence-corrected chi connectivity index (χ1v) is 11.1. The molecule has 2 aliphatic rings. The number of likely N-dealkylation sites (tertiary alicyclic amines) is 1. The van der Waals surface area contributed by atoms with Crippen LogP contribution in [0.4, 0.5) is 0 Å². The Bertz CT molecular complexity index is 516. The van der Waals surface area contributed by atoms with Crippen molar-refractivity contribution in [3.05, 3.63) is 0 Å². The summed E-state index contributed by atoms with van der Waals surface area (Å²) >= 11 is 0. The number of nitrogens with two attached hydrogens (primary N) is 1. The van der Waals surface area contributed by atoms with Crippen LogP contribution in [0.2, 0.25) is 0 Å². The van der Waals surface area contributed by atoms with Crippen molar-refractivity contribution in [2.45, 2.75) is 64.0 Å². The lowest BCUT2D eigenvalue weighted by molar-refractivity contribution is -0.131. The fourth-order valence-corrected chi connectivity index (χ4v) is 4.87. The molecule has 0 atom stereocenters. The highest BCUT2D eigenvalue weighted by atomic mass is 35.5. The van der Waals surface area contributed by atoms with Crippen LogP contribution in [-0.4, -0.2) is 63.4 Å². The molecule has 0 bridgehead atoms. The van der Waals surface area contributed by atoms with Gasteiger partial charge in [-0.15, -0.1) is 12.4 Å². The van der Waals surface area contributed by atoms with E-state index in [1.54, 1.807) is 4.90 Å². The van der Waals surface area contributed by atoms with Gasteiger partial charge in [0.1, 0.15) is 5.75 Å². The molecular formula is C17H34ClN3O4S. The largest absolute Gasteiger partial charge is 0.378 e. The third-order valence-electron chi connectivity index (χ3n) is 5.17. The van der Waals surface area contributed by atoms with E-state index < -0.39 is 15.8 Å². The number of ether oxygens (including phenoxy) is 1. The highest BCUT2D eigenvalue weighted by molar-refractivity contribution is 7.90. The molecule has 1 aliphatic heterocycles. The molecule has 154 valence electrons. The molecule has 1 amide bonds. The van der Waals surface area contributed by atoms with Crippen molar-refractivity contribution in [1.82, 2.24) is 9.62 Å². The molecule has 26 heavy (non-hydrogen) atoms.